The molecule has 0 aromatic heterocycles. The summed E-state index contributed by atoms with van der Waals surface area (Å²) < 4.78 is 15.1. The number of para-hydroxylation sites is 2. The molecule has 28 saturated carbocycles. The van der Waals surface area contributed by atoms with E-state index in [2.05, 4.69) is 48.5 Å². The molecule has 6 nitrogen and oxygen atoms in total. The van der Waals surface area contributed by atoms with Crippen LogP contribution >= 0.6 is 0 Å². The number of rotatable bonds is 12. The van der Waals surface area contributed by atoms with Crippen LogP contribution in [-0.2, 0) is 5.41 Å². The van der Waals surface area contributed by atoms with Gasteiger partial charge in [0, 0.05) is 28.7 Å². The summed E-state index contributed by atoms with van der Waals surface area (Å²) in [6.07, 6.45) is 56.3. The summed E-state index contributed by atoms with van der Waals surface area (Å²) in [6.45, 7) is 0. The van der Waals surface area contributed by atoms with Crippen molar-refractivity contribution in [2.24, 2.45) is 192 Å². The number of nitrogen functional groups attached to an aromatic ring is 2. The molecule has 528 valence electrons. The minimum absolute atomic E-state index is 0.0408. The number of aromatic hydroxyl groups is 2. The van der Waals surface area contributed by atoms with Crippen molar-refractivity contribution in [3.05, 3.63) is 96.1 Å². The van der Waals surface area contributed by atoms with Crippen LogP contribution in [0.25, 0.3) is 0 Å². The number of phenols is 2. The van der Waals surface area contributed by atoms with E-state index in [0.29, 0.717) is 55.9 Å². The molecule has 32 rings (SSSR count). The molecule has 28 aliphatic rings. The summed E-state index contributed by atoms with van der Waals surface area (Å²) in [7, 11) is 0. The van der Waals surface area contributed by atoms with Crippen LogP contribution in [0.4, 0.5) is 11.4 Å². The van der Waals surface area contributed by atoms with Crippen molar-refractivity contribution in [3.63, 3.8) is 0 Å². The molecule has 28 bridgehead atoms. The molecule has 0 aliphatic heterocycles. The summed E-state index contributed by atoms with van der Waals surface area (Å²) in [5, 5.41) is 21.9. The van der Waals surface area contributed by atoms with E-state index in [-0.39, 0.29) is 22.3 Å². The van der Waals surface area contributed by atoms with Crippen molar-refractivity contribution in [2.75, 3.05) is 11.5 Å². The van der Waals surface area contributed by atoms with Gasteiger partial charge in [-0.1, -0.05) is 36.4 Å². The zero-order valence-corrected chi connectivity index (χ0v) is 60.4. The largest absolute Gasteiger partial charge is 0.506 e. The van der Waals surface area contributed by atoms with Crippen LogP contribution in [0.2, 0.25) is 0 Å². The van der Waals surface area contributed by atoms with Crippen molar-refractivity contribution in [1.29, 1.82) is 0 Å². The second-order valence-electron chi connectivity index (χ2n) is 43.9. The van der Waals surface area contributed by atoms with Crippen LogP contribution in [-0.4, -0.2) is 10.2 Å². The summed E-state index contributed by atoms with van der Waals surface area (Å²) >= 11 is 0. The third-order valence-corrected chi connectivity index (χ3v) is 39.6. The van der Waals surface area contributed by atoms with Crippen LogP contribution in [0.1, 0.15) is 242 Å². The number of anilines is 2. The van der Waals surface area contributed by atoms with E-state index < -0.39 is 5.41 Å². The molecule has 4 aromatic carbocycles. The van der Waals surface area contributed by atoms with Gasteiger partial charge in [0.05, 0.1) is 11.4 Å². The maximum absolute atomic E-state index is 11.0. The van der Waals surface area contributed by atoms with Gasteiger partial charge in [-0.3, -0.25) is 0 Å². The molecular weight excluding hydrogens is 1220 g/mol. The zero-order chi connectivity index (χ0) is 65.6. The Morgan fingerprint density at radius 3 is 0.970 bits per heavy atom. The highest BCUT2D eigenvalue weighted by atomic mass is 16.5. The Bertz CT molecular complexity index is 3850. The smallest absolute Gasteiger partial charge is 0.138 e. The van der Waals surface area contributed by atoms with Gasteiger partial charge in [-0.15, -0.1) is 0 Å². The fraction of sp³-hybridized carbons (Fsp3) is 0.745. The lowest BCUT2D eigenvalue weighted by Crippen LogP contribution is -2.78. The Morgan fingerprint density at radius 1 is 0.300 bits per heavy atom. The quantitative estimate of drug-likeness (QED) is 0.0831. The van der Waals surface area contributed by atoms with Gasteiger partial charge < -0.3 is 31.2 Å². The molecular formula is C94H118N2O4. The maximum Gasteiger partial charge on any atom is 0.138 e. The van der Waals surface area contributed by atoms with Gasteiger partial charge in [0.1, 0.15) is 34.5 Å². The Kier molecular flexibility index (Phi) is 12.0. The normalized spacial score (nSPS) is 54.3. The highest BCUT2D eigenvalue weighted by Gasteiger charge is 2.84. The average molecular weight is 1340 g/mol. The van der Waals surface area contributed by atoms with E-state index in [1.807, 2.05) is 24.3 Å². The first-order valence-electron chi connectivity index (χ1n) is 43.4. The van der Waals surface area contributed by atoms with E-state index in [1.54, 1.807) is 179 Å². The first-order chi connectivity index (χ1) is 48.7. The Morgan fingerprint density at radius 2 is 0.600 bits per heavy atom. The molecule has 0 spiro atoms. The lowest BCUT2D eigenvalue weighted by atomic mass is 9.20. The maximum atomic E-state index is 11.0. The second-order valence-corrected chi connectivity index (χ2v) is 43.9. The molecule has 0 amide bonds. The van der Waals surface area contributed by atoms with Crippen molar-refractivity contribution in [2.45, 2.75) is 237 Å². The molecule has 17 unspecified atom stereocenters. The molecule has 100 heavy (non-hydrogen) atoms. The predicted octanol–water partition coefficient (Wildman–Crippen LogP) is 22.4. The monoisotopic (exact) mass is 1340 g/mol. The highest BCUT2D eigenvalue weighted by Crippen LogP contribution is 2.91. The third kappa shape index (κ3) is 7.54. The fourth-order valence-corrected chi connectivity index (χ4v) is 41.9. The Hall–Kier alpha value is -4.32. The third-order valence-electron chi connectivity index (χ3n) is 39.6. The van der Waals surface area contributed by atoms with Crippen molar-refractivity contribution in [1.82, 2.24) is 0 Å². The number of nitrogens with two attached hydrogens (primary N) is 2. The Balaban J connectivity index is 0.709. The number of phenolic OH excluding ortho intramolecular Hbond substituents is 2. The van der Waals surface area contributed by atoms with Gasteiger partial charge in [-0.25, -0.2) is 0 Å². The van der Waals surface area contributed by atoms with Crippen LogP contribution < -0.4 is 20.9 Å². The SMILES string of the molecule is Nc1cc(Oc2ccccc2C2(c3ccccc3Oc3ccc(O)c(N)c3)C3CC4CC(C3)CC2(C23CC5CC(CC(C5)C2C25CC6CC(CC(C6)C2C26CC7CC(CC(C7)C2C27CC8CC(CC(C8)C2C28CC9CC(CC(C9)C2C29CC%10CC(CC(C%10)C2)C9)C8)C7)C6)C5)C3)C4)ccc1O. The molecule has 4 aromatic rings. The molecule has 17 atom stereocenters. The summed E-state index contributed by atoms with van der Waals surface area (Å²) in [4.78, 5) is 0. The van der Waals surface area contributed by atoms with Gasteiger partial charge in [-0.2, -0.15) is 0 Å². The van der Waals surface area contributed by atoms with Gasteiger partial charge in [0.25, 0.3) is 0 Å². The molecule has 6 N–H and O–H groups in total. The first-order valence-corrected chi connectivity index (χ1v) is 43.4. The van der Waals surface area contributed by atoms with Gasteiger partial charge in [0.15, 0.2) is 0 Å². The molecule has 0 radical (unpaired) electrons. The Labute approximate surface area is 598 Å². The van der Waals surface area contributed by atoms with Crippen LogP contribution in [0.5, 0.6) is 34.5 Å². The fourth-order valence-electron chi connectivity index (χ4n) is 41.9. The number of hydrogen-bond acceptors (Lipinski definition) is 6. The lowest BCUT2D eigenvalue weighted by Gasteiger charge is -2.84. The minimum Gasteiger partial charge on any atom is -0.506 e. The van der Waals surface area contributed by atoms with Crippen molar-refractivity contribution in [3.8, 4) is 34.5 Å². The summed E-state index contributed by atoms with van der Waals surface area (Å²) in [5.41, 5.74) is 19.2. The standard InChI is InChI=1S/C94H118N2O4/c95-76-34-72(9-11-78(76)97)99-80-7-3-1-5-74(80)94(75-6-2-4-8-81(75)100-73-10-12-79(98)77(96)35-73)71-32-64-21-65(33-71)50-93(94,49-64)92-47-62-20-63(48-92)31-70(30-62)86(92)91-45-60-19-61(46-91)29-69(28-60)85(91)90-43-58-18-59(44-90)27-68(26-58)84(90)89-41-56-17-57(42-89)25-67(24-56)83(89)88-39-54-16-55(40-88)23-66(22-54)82(88)87-36-51-13-52(37-87)15-53(14-51)38-87/h1-12,34-35,51-71,82-86,97-98H,13-33,36-50,95-96H2. The average Bonchev–Trinajstić information content (AvgIpc) is 0.638. The van der Waals surface area contributed by atoms with Gasteiger partial charge in [0.2, 0.25) is 0 Å². The first kappa shape index (κ1) is 59.9. The lowest BCUT2D eigenvalue weighted by molar-refractivity contribution is -0.347. The van der Waals surface area contributed by atoms with Crippen molar-refractivity contribution < 1.29 is 19.7 Å². The summed E-state index contributed by atoms with van der Waals surface area (Å²) in [5.74, 6) is 27.6. The highest BCUT2D eigenvalue weighted by molar-refractivity contribution is 5.62. The van der Waals surface area contributed by atoms with Crippen LogP contribution in [0, 0.1) is 192 Å². The zero-order valence-electron chi connectivity index (χ0n) is 60.4. The van der Waals surface area contributed by atoms with E-state index in [4.69, 9.17) is 20.9 Å². The van der Waals surface area contributed by atoms with E-state index in [1.165, 1.54) is 75.3 Å². The second kappa shape index (κ2) is 20.0. The number of benzene rings is 4. The van der Waals surface area contributed by atoms with E-state index in [0.717, 1.165) is 159 Å². The van der Waals surface area contributed by atoms with Gasteiger partial charge in [-0.05, 0) is 459 Å². The van der Waals surface area contributed by atoms with E-state index in [9.17, 15) is 10.2 Å². The minimum atomic E-state index is -0.430. The number of hydrogen-bond donors (Lipinski definition) is 4. The van der Waals surface area contributed by atoms with Crippen LogP contribution in [0.3, 0.4) is 0 Å². The van der Waals surface area contributed by atoms with E-state index >= 15 is 0 Å². The van der Waals surface area contributed by atoms with Gasteiger partial charge >= 0.3 is 0 Å². The number of ether oxygens (including phenoxy) is 2. The molecule has 28 aliphatic carbocycles. The van der Waals surface area contributed by atoms with Crippen molar-refractivity contribution >= 4 is 11.4 Å². The molecule has 0 heterocycles. The molecule has 0 saturated heterocycles. The molecule has 28 fully saturated rings. The molecule has 6 heteroatoms. The predicted molar refractivity (Wildman–Crippen MR) is 393 cm³/mol. The summed E-state index contributed by atoms with van der Waals surface area (Å²) in [6, 6.07) is 30.2. The topological polar surface area (TPSA) is 111 Å². The van der Waals surface area contributed by atoms with Crippen LogP contribution in [0.15, 0.2) is 84.9 Å².